The molecule has 1 aromatic rings. The van der Waals surface area contributed by atoms with Crippen LogP contribution < -0.4 is 11.1 Å². The zero-order valence-corrected chi connectivity index (χ0v) is 9.95. The molecule has 0 saturated carbocycles. The Labute approximate surface area is 97.4 Å². The largest absolute Gasteiger partial charge is 0.379 e. The van der Waals surface area contributed by atoms with Gasteiger partial charge in [-0.1, -0.05) is 0 Å². The minimum Gasteiger partial charge on any atom is -0.379 e. The summed E-state index contributed by atoms with van der Waals surface area (Å²) in [5, 5.41) is 9.22. The van der Waals surface area contributed by atoms with E-state index >= 15 is 0 Å². The molecule has 94 valence electrons. The van der Waals surface area contributed by atoms with Crippen LogP contribution in [0.3, 0.4) is 0 Å². The number of carbonyl (C=O) groups is 1. The predicted molar refractivity (Wildman–Crippen MR) is 57.9 cm³/mol. The van der Waals surface area contributed by atoms with Gasteiger partial charge in [0.25, 0.3) is 5.91 Å². The maximum absolute atomic E-state index is 11.8. The van der Waals surface area contributed by atoms with E-state index < -0.39 is 21.3 Å². The molecular formula is C8H12N4O4S. The van der Waals surface area contributed by atoms with E-state index in [1.54, 1.807) is 6.92 Å². The normalized spacial score (nSPS) is 26.9. The van der Waals surface area contributed by atoms with Crippen molar-refractivity contribution in [2.75, 3.05) is 17.2 Å². The van der Waals surface area contributed by atoms with Gasteiger partial charge in [0.15, 0.2) is 9.84 Å². The number of nitrogens with two attached hydrogens (primary N) is 1. The van der Waals surface area contributed by atoms with Crippen molar-refractivity contribution < 1.29 is 17.8 Å². The Kier molecular flexibility index (Phi) is 2.57. The van der Waals surface area contributed by atoms with Gasteiger partial charge in [0.05, 0.1) is 17.0 Å². The summed E-state index contributed by atoms with van der Waals surface area (Å²) < 4.78 is 27.0. The molecule has 2 heterocycles. The number of carbonyl (C=O) groups excluding carboxylic acids is 1. The lowest BCUT2D eigenvalue weighted by atomic mass is 10.0. The average molecular weight is 260 g/mol. The Hall–Kier alpha value is -1.64. The van der Waals surface area contributed by atoms with Crippen LogP contribution in [0.1, 0.15) is 23.8 Å². The highest BCUT2D eigenvalue weighted by Gasteiger charge is 2.40. The standard InChI is InChI=1S/C8H12N4O4S/c1-8(2-3-17(14,15)4-8)10-7(13)5-6(9)12-16-11-5/h2-4H2,1H3,(H2,9,12)(H,10,13). The zero-order valence-electron chi connectivity index (χ0n) is 9.13. The van der Waals surface area contributed by atoms with Crippen LogP contribution in [0.2, 0.25) is 0 Å². The molecule has 9 heteroatoms. The first-order chi connectivity index (χ1) is 7.81. The van der Waals surface area contributed by atoms with Gasteiger partial charge in [0, 0.05) is 0 Å². The summed E-state index contributed by atoms with van der Waals surface area (Å²) in [5.74, 6) is -0.719. The number of nitrogens with zero attached hydrogens (tertiary/aromatic N) is 2. The topological polar surface area (TPSA) is 128 Å². The third-order valence-electron chi connectivity index (χ3n) is 2.65. The molecule has 1 saturated heterocycles. The fourth-order valence-corrected chi connectivity index (χ4v) is 3.89. The third kappa shape index (κ3) is 2.38. The van der Waals surface area contributed by atoms with Crippen LogP contribution in [-0.2, 0) is 9.84 Å². The van der Waals surface area contributed by atoms with Crippen LogP contribution in [0.5, 0.6) is 0 Å². The summed E-state index contributed by atoms with van der Waals surface area (Å²) in [4.78, 5) is 11.8. The van der Waals surface area contributed by atoms with Gasteiger partial charge in [-0.2, -0.15) is 0 Å². The lowest BCUT2D eigenvalue weighted by Gasteiger charge is -2.22. The highest BCUT2D eigenvalue weighted by molar-refractivity contribution is 7.91. The number of hydrogen-bond donors (Lipinski definition) is 2. The fraction of sp³-hybridized carbons (Fsp3) is 0.625. The van der Waals surface area contributed by atoms with Gasteiger partial charge in [0.2, 0.25) is 11.5 Å². The lowest BCUT2D eigenvalue weighted by Crippen LogP contribution is -2.47. The number of sulfone groups is 1. The van der Waals surface area contributed by atoms with E-state index in [0.29, 0.717) is 6.42 Å². The maximum Gasteiger partial charge on any atom is 0.277 e. The van der Waals surface area contributed by atoms with Crippen molar-refractivity contribution in [3.63, 3.8) is 0 Å². The Balaban J connectivity index is 2.13. The first-order valence-corrected chi connectivity index (χ1v) is 6.74. The highest BCUT2D eigenvalue weighted by atomic mass is 32.2. The number of amides is 1. The van der Waals surface area contributed by atoms with E-state index in [1.165, 1.54) is 0 Å². The molecule has 1 aliphatic rings. The molecule has 0 bridgehead atoms. The number of rotatable bonds is 2. The summed E-state index contributed by atoms with van der Waals surface area (Å²) in [7, 11) is -3.08. The molecule has 8 nitrogen and oxygen atoms in total. The summed E-state index contributed by atoms with van der Waals surface area (Å²) in [6.45, 7) is 1.67. The first kappa shape index (κ1) is 11.8. The van der Waals surface area contributed by atoms with Crippen LogP contribution >= 0.6 is 0 Å². The highest BCUT2D eigenvalue weighted by Crippen LogP contribution is 2.23. The molecule has 0 radical (unpaired) electrons. The van der Waals surface area contributed by atoms with Crippen molar-refractivity contribution in [1.82, 2.24) is 15.6 Å². The molecule has 0 spiro atoms. The minimum absolute atomic E-state index is 0.0658. The van der Waals surface area contributed by atoms with Gasteiger partial charge in [-0.05, 0) is 23.7 Å². The second-order valence-electron chi connectivity index (χ2n) is 4.35. The third-order valence-corrected chi connectivity index (χ3v) is 4.55. The second-order valence-corrected chi connectivity index (χ2v) is 6.54. The average Bonchev–Trinajstić information content (AvgIpc) is 2.70. The Morgan fingerprint density at radius 2 is 2.24 bits per heavy atom. The van der Waals surface area contributed by atoms with Crippen LogP contribution in [0.4, 0.5) is 5.82 Å². The monoisotopic (exact) mass is 260 g/mol. The predicted octanol–water partition coefficient (Wildman–Crippen LogP) is -1.04. The van der Waals surface area contributed by atoms with Gasteiger partial charge in [-0.15, -0.1) is 0 Å². The van der Waals surface area contributed by atoms with E-state index in [1.807, 2.05) is 0 Å². The van der Waals surface area contributed by atoms with E-state index in [9.17, 15) is 13.2 Å². The Morgan fingerprint density at radius 3 is 2.71 bits per heavy atom. The van der Waals surface area contributed by atoms with Gasteiger partial charge >= 0.3 is 0 Å². The molecule has 17 heavy (non-hydrogen) atoms. The van der Waals surface area contributed by atoms with Crippen molar-refractivity contribution in [1.29, 1.82) is 0 Å². The van der Waals surface area contributed by atoms with Crippen molar-refractivity contribution >= 4 is 21.6 Å². The van der Waals surface area contributed by atoms with Crippen LogP contribution in [0.25, 0.3) is 0 Å². The van der Waals surface area contributed by atoms with Crippen LogP contribution in [0, 0.1) is 0 Å². The molecular weight excluding hydrogens is 248 g/mol. The second kappa shape index (κ2) is 3.69. The zero-order chi connectivity index (χ0) is 12.7. The van der Waals surface area contributed by atoms with Crippen molar-refractivity contribution in [3.8, 4) is 0 Å². The minimum atomic E-state index is -3.08. The van der Waals surface area contributed by atoms with Gasteiger partial charge in [-0.25, -0.2) is 13.0 Å². The number of nitrogens with one attached hydrogen (secondary N) is 1. The Bertz CT molecular complexity index is 552. The van der Waals surface area contributed by atoms with Gasteiger partial charge in [0.1, 0.15) is 0 Å². The van der Waals surface area contributed by atoms with E-state index in [2.05, 4.69) is 20.3 Å². The number of hydrogen-bond acceptors (Lipinski definition) is 7. The molecule has 1 fully saturated rings. The van der Waals surface area contributed by atoms with E-state index in [-0.39, 0.29) is 23.0 Å². The summed E-state index contributed by atoms with van der Waals surface area (Å²) in [5.41, 5.74) is 4.45. The van der Waals surface area contributed by atoms with Crippen molar-refractivity contribution in [2.45, 2.75) is 18.9 Å². The van der Waals surface area contributed by atoms with Gasteiger partial charge in [-0.3, -0.25) is 4.79 Å². The van der Waals surface area contributed by atoms with Crippen molar-refractivity contribution in [3.05, 3.63) is 5.69 Å². The summed E-state index contributed by atoms with van der Waals surface area (Å²) >= 11 is 0. The first-order valence-electron chi connectivity index (χ1n) is 4.92. The lowest BCUT2D eigenvalue weighted by molar-refractivity contribution is 0.0906. The van der Waals surface area contributed by atoms with E-state index in [0.717, 1.165) is 0 Å². The van der Waals surface area contributed by atoms with Gasteiger partial charge < -0.3 is 11.1 Å². The molecule has 3 N–H and O–H groups in total. The maximum atomic E-state index is 11.8. The summed E-state index contributed by atoms with van der Waals surface area (Å²) in [6, 6.07) is 0. The van der Waals surface area contributed by atoms with Crippen molar-refractivity contribution in [2.24, 2.45) is 0 Å². The van der Waals surface area contributed by atoms with Crippen LogP contribution in [-0.4, -0.2) is 41.7 Å². The summed E-state index contributed by atoms with van der Waals surface area (Å²) in [6.07, 6.45) is 0.367. The number of nitrogen functional groups attached to an aromatic ring is 1. The van der Waals surface area contributed by atoms with Crippen LogP contribution in [0.15, 0.2) is 4.63 Å². The molecule has 1 aromatic heterocycles. The fourth-order valence-electron chi connectivity index (χ4n) is 1.80. The molecule has 1 amide bonds. The molecule has 2 rings (SSSR count). The Morgan fingerprint density at radius 1 is 1.53 bits per heavy atom. The molecule has 0 aliphatic carbocycles. The SMILES string of the molecule is CC1(NC(=O)c2nonc2N)CCS(=O)(=O)C1. The molecule has 1 unspecified atom stereocenters. The number of anilines is 1. The molecule has 0 aromatic carbocycles. The smallest absolute Gasteiger partial charge is 0.277 e. The van der Waals surface area contributed by atoms with E-state index in [4.69, 9.17) is 5.73 Å². The number of aromatic nitrogens is 2. The molecule has 1 aliphatic heterocycles. The quantitative estimate of drug-likeness (QED) is 0.694. The molecule has 1 atom stereocenters.